The molecule has 156 valence electrons. The zero-order valence-electron chi connectivity index (χ0n) is 18.1. The molecule has 0 rings (SSSR count). The molecule has 0 atom stereocenters. The minimum absolute atomic E-state index is 0.344. The van der Waals surface area contributed by atoms with Gasteiger partial charge in [-0.05, 0) is 19.3 Å². The molecule has 0 heterocycles. The Balaban J connectivity index is 0. The number of carbonyl (C=O) groups is 1. The zero-order chi connectivity index (χ0) is 19.7. The van der Waals surface area contributed by atoms with Gasteiger partial charge in [-0.15, -0.1) is 6.58 Å². The van der Waals surface area contributed by atoms with E-state index in [4.69, 9.17) is 5.11 Å². The van der Waals surface area contributed by atoms with Gasteiger partial charge in [-0.3, -0.25) is 4.79 Å². The lowest BCUT2D eigenvalue weighted by Gasteiger charge is -2.01. The van der Waals surface area contributed by atoms with Crippen LogP contribution in [0.25, 0.3) is 0 Å². The number of carboxylic acids is 1. The topological polar surface area (TPSA) is 37.3 Å². The Labute approximate surface area is 164 Å². The predicted molar refractivity (Wildman–Crippen MR) is 117 cm³/mol. The maximum absolute atomic E-state index is 10.3. The van der Waals surface area contributed by atoms with E-state index in [0.29, 0.717) is 6.42 Å². The first-order chi connectivity index (χ1) is 12.7. The normalized spacial score (nSPS) is 10.2. The molecule has 0 saturated carbocycles. The molecule has 0 aromatic heterocycles. The van der Waals surface area contributed by atoms with E-state index in [1.165, 1.54) is 103 Å². The van der Waals surface area contributed by atoms with Gasteiger partial charge >= 0.3 is 5.97 Å². The molecule has 0 bridgehead atoms. The van der Waals surface area contributed by atoms with Crippen LogP contribution in [0.4, 0.5) is 0 Å². The van der Waals surface area contributed by atoms with Crippen LogP contribution < -0.4 is 0 Å². The van der Waals surface area contributed by atoms with E-state index in [2.05, 4.69) is 20.4 Å². The van der Waals surface area contributed by atoms with E-state index >= 15 is 0 Å². The fraction of sp³-hybridized carbons (Fsp3) is 0.875. The van der Waals surface area contributed by atoms with Gasteiger partial charge in [-0.1, -0.05) is 116 Å². The average molecular weight is 369 g/mol. The molecule has 0 spiro atoms. The van der Waals surface area contributed by atoms with Gasteiger partial charge in [0.25, 0.3) is 0 Å². The summed E-state index contributed by atoms with van der Waals surface area (Å²) in [4.78, 5) is 10.3. The predicted octanol–water partition coefficient (Wildman–Crippen LogP) is 8.70. The zero-order valence-corrected chi connectivity index (χ0v) is 18.1. The molecule has 0 fully saturated rings. The van der Waals surface area contributed by atoms with Crippen LogP contribution in [-0.4, -0.2) is 11.1 Å². The van der Waals surface area contributed by atoms with Crippen molar-refractivity contribution in [2.75, 3.05) is 0 Å². The Morgan fingerprint density at radius 3 is 1.35 bits per heavy atom. The second-order valence-corrected chi connectivity index (χ2v) is 7.52. The molecule has 0 radical (unpaired) electrons. The summed E-state index contributed by atoms with van der Waals surface area (Å²) < 4.78 is 0. The van der Waals surface area contributed by atoms with Gasteiger partial charge in [0.05, 0.1) is 0 Å². The minimum atomic E-state index is -0.657. The summed E-state index contributed by atoms with van der Waals surface area (Å²) in [7, 11) is 0. The standard InChI is InChI=1S/C14H28O2.C10H20/c1-2-3-4-5-6-7-8-9-10-11-12-13-14(15)16;1-3-5-7-9-10-8-6-4-2/h2-13H2,1H3,(H,15,16);3H,1,4-10H2,2H3. The molecule has 2 heteroatoms. The number of allylic oxidation sites excluding steroid dienone is 1. The smallest absolute Gasteiger partial charge is 0.303 e. The fourth-order valence-corrected chi connectivity index (χ4v) is 3.01. The van der Waals surface area contributed by atoms with Gasteiger partial charge in [0, 0.05) is 6.42 Å². The number of unbranched alkanes of at least 4 members (excludes halogenated alkanes) is 16. The largest absolute Gasteiger partial charge is 0.481 e. The average Bonchev–Trinajstić information content (AvgIpc) is 2.63. The first kappa shape index (κ1) is 27.4. The molecule has 26 heavy (non-hydrogen) atoms. The molecule has 0 amide bonds. The van der Waals surface area contributed by atoms with Crippen molar-refractivity contribution in [3.8, 4) is 0 Å². The maximum atomic E-state index is 10.3. The highest BCUT2D eigenvalue weighted by molar-refractivity contribution is 5.66. The lowest BCUT2D eigenvalue weighted by atomic mass is 10.1. The summed E-state index contributed by atoms with van der Waals surface area (Å²) in [6.07, 6.45) is 25.9. The summed E-state index contributed by atoms with van der Waals surface area (Å²) in [6, 6.07) is 0. The van der Waals surface area contributed by atoms with Crippen molar-refractivity contribution in [3.63, 3.8) is 0 Å². The van der Waals surface area contributed by atoms with Crippen LogP contribution in [0.15, 0.2) is 12.7 Å². The third kappa shape index (κ3) is 31.0. The Morgan fingerprint density at radius 1 is 0.654 bits per heavy atom. The van der Waals surface area contributed by atoms with Gasteiger partial charge in [0.15, 0.2) is 0 Å². The Bertz CT molecular complexity index is 273. The molecular formula is C24H48O2. The molecule has 0 aromatic rings. The van der Waals surface area contributed by atoms with E-state index in [-0.39, 0.29) is 0 Å². The van der Waals surface area contributed by atoms with Crippen molar-refractivity contribution in [1.29, 1.82) is 0 Å². The van der Waals surface area contributed by atoms with E-state index in [0.717, 1.165) is 12.8 Å². The highest BCUT2D eigenvalue weighted by Gasteiger charge is 1.96. The molecule has 2 nitrogen and oxygen atoms in total. The molecule has 0 aliphatic carbocycles. The van der Waals surface area contributed by atoms with Crippen molar-refractivity contribution >= 4 is 5.97 Å². The van der Waals surface area contributed by atoms with Crippen molar-refractivity contribution in [1.82, 2.24) is 0 Å². The van der Waals surface area contributed by atoms with Crippen LogP contribution in [0.1, 0.15) is 136 Å². The van der Waals surface area contributed by atoms with Crippen molar-refractivity contribution in [2.24, 2.45) is 0 Å². The Kier molecular flexibility index (Phi) is 27.9. The van der Waals surface area contributed by atoms with E-state index in [1.54, 1.807) is 0 Å². The van der Waals surface area contributed by atoms with Crippen molar-refractivity contribution in [2.45, 2.75) is 136 Å². The number of hydrogen-bond donors (Lipinski definition) is 1. The number of carboxylic acid groups (broad SMARTS) is 1. The SMILES string of the molecule is C=CCCCCCCCC.CCCCCCCCCCCCCC(=O)O. The summed E-state index contributed by atoms with van der Waals surface area (Å²) in [5.41, 5.74) is 0. The monoisotopic (exact) mass is 368 g/mol. The van der Waals surface area contributed by atoms with E-state index in [9.17, 15) is 4.79 Å². The van der Waals surface area contributed by atoms with Gasteiger partial charge < -0.3 is 5.11 Å². The van der Waals surface area contributed by atoms with Gasteiger partial charge in [-0.2, -0.15) is 0 Å². The fourth-order valence-electron chi connectivity index (χ4n) is 3.01. The highest BCUT2D eigenvalue weighted by Crippen LogP contribution is 2.11. The van der Waals surface area contributed by atoms with Gasteiger partial charge in [0.1, 0.15) is 0 Å². The van der Waals surface area contributed by atoms with E-state index < -0.39 is 5.97 Å². The van der Waals surface area contributed by atoms with Crippen LogP contribution in [0.2, 0.25) is 0 Å². The van der Waals surface area contributed by atoms with Crippen LogP contribution in [0, 0.1) is 0 Å². The van der Waals surface area contributed by atoms with Gasteiger partial charge in [0.2, 0.25) is 0 Å². The molecule has 0 aliphatic heterocycles. The first-order valence-corrected chi connectivity index (χ1v) is 11.5. The second kappa shape index (κ2) is 26.4. The molecule has 0 saturated heterocycles. The number of rotatable bonds is 19. The third-order valence-corrected chi connectivity index (χ3v) is 4.76. The maximum Gasteiger partial charge on any atom is 0.303 e. The first-order valence-electron chi connectivity index (χ1n) is 11.5. The Hall–Kier alpha value is -0.790. The van der Waals surface area contributed by atoms with Crippen LogP contribution in [-0.2, 0) is 4.79 Å². The molecule has 0 aliphatic rings. The van der Waals surface area contributed by atoms with Crippen LogP contribution in [0.5, 0.6) is 0 Å². The molecule has 0 unspecified atom stereocenters. The van der Waals surface area contributed by atoms with Crippen LogP contribution >= 0.6 is 0 Å². The molecular weight excluding hydrogens is 320 g/mol. The van der Waals surface area contributed by atoms with Crippen molar-refractivity contribution < 1.29 is 9.90 Å². The van der Waals surface area contributed by atoms with Crippen LogP contribution in [0.3, 0.4) is 0 Å². The molecule has 1 N–H and O–H groups in total. The van der Waals surface area contributed by atoms with Gasteiger partial charge in [-0.25, -0.2) is 0 Å². The Morgan fingerprint density at radius 2 is 1.00 bits per heavy atom. The van der Waals surface area contributed by atoms with Crippen molar-refractivity contribution in [3.05, 3.63) is 12.7 Å². The summed E-state index contributed by atoms with van der Waals surface area (Å²) in [5.74, 6) is -0.657. The summed E-state index contributed by atoms with van der Waals surface area (Å²) in [6.45, 7) is 8.20. The quantitative estimate of drug-likeness (QED) is 0.183. The number of aliphatic carboxylic acids is 1. The highest BCUT2D eigenvalue weighted by atomic mass is 16.4. The summed E-state index contributed by atoms with van der Waals surface area (Å²) in [5, 5.41) is 8.46. The molecule has 0 aromatic carbocycles. The number of hydrogen-bond acceptors (Lipinski definition) is 1. The minimum Gasteiger partial charge on any atom is -0.481 e. The lowest BCUT2D eigenvalue weighted by molar-refractivity contribution is -0.137. The lowest BCUT2D eigenvalue weighted by Crippen LogP contribution is -1.93. The van der Waals surface area contributed by atoms with E-state index in [1.807, 2.05) is 6.08 Å². The second-order valence-electron chi connectivity index (χ2n) is 7.52. The summed E-state index contributed by atoms with van der Waals surface area (Å²) >= 11 is 0. The third-order valence-electron chi connectivity index (χ3n) is 4.76.